The maximum absolute atomic E-state index is 12.5. The van der Waals surface area contributed by atoms with Crippen molar-refractivity contribution < 1.29 is 19.0 Å². The number of benzene rings is 1. The van der Waals surface area contributed by atoms with Gasteiger partial charge < -0.3 is 19.1 Å². The fraction of sp³-hybridized carbons (Fsp3) is 0.588. The first kappa shape index (κ1) is 15.2. The first-order valence-electron chi connectivity index (χ1n) is 7.83. The maximum atomic E-state index is 12.5. The van der Waals surface area contributed by atoms with Crippen LogP contribution < -0.4 is 9.47 Å². The number of methoxy groups -OCH3 is 2. The molecule has 1 aliphatic carbocycles. The van der Waals surface area contributed by atoms with Crippen molar-refractivity contribution in [3.05, 3.63) is 23.3 Å². The molecule has 1 heterocycles. The molecule has 1 fully saturated rings. The minimum absolute atomic E-state index is 0.232. The number of nitrogens with zero attached hydrogens (tertiary/aromatic N) is 1. The van der Waals surface area contributed by atoms with Gasteiger partial charge >= 0.3 is 0 Å². The van der Waals surface area contributed by atoms with Crippen LogP contribution in [0, 0.1) is 0 Å². The minimum atomic E-state index is 0.232. The summed E-state index contributed by atoms with van der Waals surface area (Å²) >= 11 is 0. The van der Waals surface area contributed by atoms with Gasteiger partial charge in [0.2, 0.25) is 5.91 Å². The molecule has 0 saturated carbocycles. The topological polar surface area (TPSA) is 48.0 Å². The van der Waals surface area contributed by atoms with Gasteiger partial charge in [-0.05, 0) is 42.0 Å². The third kappa shape index (κ3) is 2.90. The van der Waals surface area contributed by atoms with Gasteiger partial charge in [-0.1, -0.05) is 0 Å². The Morgan fingerprint density at radius 2 is 1.91 bits per heavy atom. The van der Waals surface area contributed by atoms with Crippen molar-refractivity contribution in [1.82, 2.24) is 4.90 Å². The fourth-order valence-corrected chi connectivity index (χ4v) is 3.38. The summed E-state index contributed by atoms with van der Waals surface area (Å²) in [4.78, 5) is 14.4. The summed E-state index contributed by atoms with van der Waals surface area (Å²) in [5, 5.41) is 0. The summed E-state index contributed by atoms with van der Waals surface area (Å²) in [6, 6.07) is 4.09. The molecule has 1 unspecified atom stereocenters. The molecule has 0 bridgehead atoms. The van der Waals surface area contributed by atoms with Crippen LogP contribution in [-0.2, 0) is 16.0 Å². The Labute approximate surface area is 131 Å². The third-order valence-electron chi connectivity index (χ3n) is 4.63. The van der Waals surface area contributed by atoms with Crippen LogP contribution in [0.3, 0.4) is 0 Å². The van der Waals surface area contributed by atoms with Gasteiger partial charge in [-0.2, -0.15) is 0 Å². The van der Waals surface area contributed by atoms with Crippen molar-refractivity contribution in [2.45, 2.75) is 25.2 Å². The molecule has 2 aliphatic rings. The van der Waals surface area contributed by atoms with E-state index in [4.69, 9.17) is 14.2 Å². The van der Waals surface area contributed by atoms with Crippen molar-refractivity contribution in [2.24, 2.45) is 0 Å². The van der Waals surface area contributed by atoms with Gasteiger partial charge in [-0.15, -0.1) is 0 Å². The molecule has 0 radical (unpaired) electrons. The van der Waals surface area contributed by atoms with E-state index in [1.54, 1.807) is 14.2 Å². The summed E-state index contributed by atoms with van der Waals surface area (Å²) in [6.45, 7) is 2.73. The van der Waals surface area contributed by atoms with E-state index in [1.165, 1.54) is 11.1 Å². The highest BCUT2D eigenvalue weighted by molar-refractivity contribution is 5.77. The average Bonchev–Trinajstić information content (AvgIpc) is 2.96. The standard InChI is InChI=1S/C17H23NO4/c1-20-15-9-12-3-4-13(14(12)11-16(15)21-2)10-17(19)18-5-7-22-8-6-18/h9,11,13H,3-8,10H2,1-2H3. The largest absolute Gasteiger partial charge is 0.493 e. The molecule has 3 rings (SSSR count). The molecule has 1 saturated heterocycles. The first-order chi connectivity index (χ1) is 10.7. The molecule has 1 aliphatic heterocycles. The predicted molar refractivity (Wildman–Crippen MR) is 82.6 cm³/mol. The zero-order valence-electron chi connectivity index (χ0n) is 13.3. The van der Waals surface area contributed by atoms with Crippen LogP contribution >= 0.6 is 0 Å². The summed E-state index contributed by atoms with van der Waals surface area (Å²) in [6.07, 6.45) is 2.58. The van der Waals surface area contributed by atoms with E-state index in [-0.39, 0.29) is 11.8 Å². The third-order valence-corrected chi connectivity index (χ3v) is 4.63. The van der Waals surface area contributed by atoms with Crippen LogP contribution in [0.1, 0.15) is 29.9 Å². The zero-order valence-corrected chi connectivity index (χ0v) is 13.3. The van der Waals surface area contributed by atoms with Crippen molar-refractivity contribution in [1.29, 1.82) is 0 Å². The van der Waals surface area contributed by atoms with Gasteiger partial charge in [0.1, 0.15) is 0 Å². The summed E-state index contributed by atoms with van der Waals surface area (Å²) in [5.74, 6) is 2.02. The number of carbonyl (C=O) groups is 1. The Balaban J connectivity index is 1.74. The van der Waals surface area contributed by atoms with Crippen LogP contribution in [0.25, 0.3) is 0 Å². The molecule has 1 aromatic carbocycles. The number of hydrogen-bond donors (Lipinski definition) is 0. The normalized spacial score (nSPS) is 20.6. The highest BCUT2D eigenvalue weighted by Gasteiger charge is 2.29. The van der Waals surface area contributed by atoms with Gasteiger partial charge in [0.25, 0.3) is 0 Å². The minimum Gasteiger partial charge on any atom is -0.493 e. The number of morpholine rings is 1. The van der Waals surface area contributed by atoms with E-state index in [0.717, 1.165) is 24.3 Å². The first-order valence-corrected chi connectivity index (χ1v) is 7.83. The lowest BCUT2D eigenvalue weighted by Gasteiger charge is -2.28. The lowest BCUT2D eigenvalue weighted by atomic mass is 9.96. The monoisotopic (exact) mass is 305 g/mol. The molecule has 5 nitrogen and oxygen atoms in total. The molecule has 1 aromatic rings. The van der Waals surface area contributed by atoms with Crippen molar-refractivity contribution in [2.75, 3.05) is 40.5 Å². The lowest BCUT2D eigenvalue weighted by Crippen LogP contribution is -2.41. The second-order valence-electron chi connectivity index (χ2n) is 5.84. The average molecular weight is 305 g/mol. The number of rotatable bonds is 4. The number of fused-ring (bicyclic) bond motifs is 1. The van der Waals surface area contributed by atoms with Crippen LogP contribution in [0.5, 0.6) is 11.5 Å². The summed E-state index contributed by atoms with van der Waals surface area (Å²) in [7, 11) is 3.30. The molecule has 1 atom stereocenters. The molecular formula is C17H23NO4. The van der Waals surface area contributed by atoms with Gasteiger partial charge in [0.05, 0.1) is 27.4 Å². The Kier molecular flexibility index (Phi) is 4.52. The molecule has 0 aromatic heterocycles. The molecule has 5 heteroatoms. The quantitative estimate of drug-likeness (QED) is 0.853. The van der Waals surface area contributed by atoms with E-state index < -0.39 is 0 Å². The highest BCUT2D eigenvalue weighted by Crippen LogP contribution is 2.42. The highest BCUT2D eigenvalue weighted by atomic mass is 16.5. The number of ether oxygens (including phenoxy) is 3. The van der Waals surface area contributed by atoms with Crippen LogP contribution in [0.2, 0.25) is 0 Å². The van der Waals surface area contributed by atoms with Crippen molar-refractivity contribution in [3.8, 4) is 11.5 Å². The number of amides is 1. The van der Waals surface area contributed by atoms with Crippen LogP contribution in [0.4, 0.5) is 0 Å². The zero-order chi connectivity index (χ0) is 15.5. The molecule has 1 amide bonds. The second kappa shape index (κ2) is 6.57. The number of hydrogen-bond acceptors (Lipinski definition) is 4. The van der Waals surface area contributed by atoms with E-state index in [9.17, 15) is 4.79 Å². The lowest BCUT2D eigenvalue weighted by molar-refractivity contribution is -0.135. The fourth-order valence-electron chi connectivity index (χ4n) is 3.38. The van der Waals surface area contributed by atoms with Crippen molar-refractivity contribution >= 4 is 5.91 Å². The van der Waals surface area contributed by atoms with Crippen molar-refractivity contribution in [3.63, 3.8) is 0 Å². The number of aryl methyl sites for hydroxylation is 1. The van der Waals surface area contributed by atoms with E-state index in [0.29, 0.717) is 32.7 Å². The van der Waals surface area contributed by atoms with E-state index >= 15 is 0 Å². The van der Waals surface area contributed by atoms with Gasteiger partial charge in [-0.25, -0.2) is 0 Å². The Morgan fingerprint density at radius 3 is 2.59 bits per heavy atom. The molecule has 22 heavy (non-hydrogen) atoms. The van der Waals surface area contributed by atoms with Gasteiger partial charge in [0, 0.05) is 19.5 Å². The predicted octanol–water partition coefficient (Wildman–Crippen LogP) is 1.98. The second-order valence-corrected chi connectivity index (χ2v) is 5.84. The summed E-state index contributed by atoms with van der Waals surface area (Å²) in [5.41, 5.74) is 2.51. The molecule has 0 N–H and O–H groups in total. The summed E-state index contributed by atoms with van der Waals surface area (Å²) < 4.78 is 16.1. The number of carbonyl (C=O) groups excluding carboxylic acids is 1. The van der Waals surface area contributed by atoms with Gasteiger partial charge in [-0.3, -0.25) is 4.79 Å². The SMILES string of the molecule is COc1cc2c(cc1OC)C(CC(=O)N1CCOCC1)CC2. The maximum Gasteiger partial charge on any atom is 0.223 e. The molecule has 0 spiro atoms. The van der Waals surface area contributed by atoms with E-state index in [1.807, 2.05) is 17.0 Å². The van der Waals surface area contributed by atoms with Crippen LogP contribution in [0.15, 0.2) is 12.1 Å². The van der Waals surface area contributed by atoms with Gasteiger partial charge in [0.15, 0.2) is 11.5 Å². The van der Waals surface area contributed by atoms with E-state index in [2.05, 4.69) is 0 Å². The Bertz CT molecular complexity index is 552. The molecule has 120 valence electrons. The molecular weight excluding hydrogens is 282 g/mol. The Morgan fingerprint density at radius 1 is 1.23 bits per heavy atom. The Hall–Kier alpha value is -1.75. The smallest absolute Gasteiger partial charge is 0.223 e. The van der Waals surface area contributed by atoms with Crippen LogP contribution in [-0.4, -0.2) is 51.3 Å².